The quantitative estimate of drug-likeness (QED) is 0.858. The van der Waals surface area contributed by atoms with Crippen LogP contribution in [0.3, 0.4) is 0 Å². The van der Waals surface area contributed by atoms with Crippen molar-refractivity contribution in [3.05, 3.63) is 41.7 Å². The number of methoxy groups -OCH3 is 1. The van der Waals surface area contributed by atoms with E-state index in [-0.39, 0.29) is 5.91 Å². The van der Waals surface area contributed by atoms with Gasteiger partial charge in [0.05, 0.1) is 31.1 Å². The SMILES string of the molecule is COc1ccc(C)cc1C(=O)NCCn1cc(N)cn1. The molecule has 6 heteroatoms. The second-order valence-electron chi connectivity index (χ2n) is 4.50. The molecule has 0 fully saturated rings. The first kappa shape index (κ1) is 13.9. The summed E-state index contributed by atoms with van der Waals surface area (Å²) in [5.41, 5.74) is 7.72. The number of ether oxygens (including phenoxy) is 1. The number of hydrogen-bond acceptors (Lipinski definition) is 4. The molecule has 0 unspecified atom stereocenters. The van der Waals surface area contributed by atoms with Crippen LogP contribution < -0.4 is 15.8 Å². The van der Waals surface area contributed by atoms with Crippen molar-refractivity contribution in [3.8, 4) is 5.75 Å². The van der Waals surface area contributed by atoms with Crippen LogP contribution in [0.4, 0.5) is 5.69 Å². The zero-order valence-corrected chi connectivity index (χ0v) is 11.6. The molecule has 0 aliphatic heterocycles. The van der Waals surface area contributed by atoms with Gasteiger partial charge in [0, 0.05) is 12.7 Å². The molecule has 3 N–H and O–H groups in total. The number of carbonyl (C=O) groups is 1. The molecule has 0 radical (unpaired) electrons. The van der Waals surface area contributed by atoms with E-state index in [0.717, 1.165) is 5.56 Å². The molecular weight excluding hydrogens is 256 g/mol. The van der Waals surface area contributed by atoms with Crippen molar-refractivity contribution >= 4 is 11.6 Å². The van der Waals surface area contributed by atoms with E-state index in [2.05, 4.69) is 10.4 Å². The molecule has 1 aromatic heterocycles. The van der Waals surface area contributed by atoms with Gasteiger partial charge in [-0.15, -0.1) is 0 Å². The molecule has 0 atom stereocenters. The van der Waals surface area contributed by atoms with Crippen LogP contribution in [0.5, 0.6) is 5.75 Å². The van der Waals surface area contributed by atoms with Gasteiger partial charge in [-0.05, 0) is 19.1 Å². The van der Waals surface area contributed by atoms with E-state index in [1.807, 2.05) is 13.0 Å². The molecule has 0 bridgehead atoms. The topological polar surface area (TPSA) is 82.2 Å². The number of nitrogens with zero attached hydrogens (tertiary/aromatic N) is 2. The minimum atomic E-state index is -0.161. The van der Waals surface area contributed by atoms with Gasteiger partial charge in [-0.25, -0.2) is 0 Å². The number of nitrogen functional groups attached to an aromatic ring is 1. The summed E-state index contributed by atoms with van der Waals surface area (Å²) >= 11 is 0. The number of aryl methyl sites for hydroxylation is 1. The Bertz CT molecular complexity index is 607. The first-order valence-corrected chi connectivity index (χ1v) is 6.31. The molecule has 0 saturated heterocycles. The van der Waals surface area contributed by atoms with E-state index >= 15 is 0 Å². The molecule has 6 nitrogen and oxygen atoms in total. The number of anilines is 1. The Labute approximate surface area is 117 Å². The lowest BCUT2D eigenvalue weighted by Gasteiger charge is -2.10. The Balaban J connectivity index is 1.96. The molecule has 1 heterocycles. The van der Waals surface area contributed by atoms with Crippen LogP contribution in [-0.2, 0) is 6.54 Å². The smallest absolute Gasteiger partial charge is 0.255 e. The van der Waals surface area contributed by atoms with E-state index in [4.69, 9.17) is 10.5 Å². The minimum absolute atomic E-state index is 0.161. The predicted molar refractivity (Wildman–Crippen MR) is 76.7 cm³/mol. The van der Waals surface area contributed by atoms with Gasteiger partial charge in [0.25, 0.3) is 5.91 Å². The third-order valence-electron chi connectivity index (χ3n) is 2.88. The van der Waals surface area contributed by atoms with E-state index in [1.165, 1.54) is 0 Å². The number of nitrogens with one attached hydrogen (secondary N) is 1. The van der Waals surface area contributed by atoms with E-state index in [9.17, 15) is 4.79 Å². The Hall–Kier alpha value is -2.50. The lowest BCUT2D eigenvalue weighted by atomic mass is 10.1. The fourth-order valence-electron chi connectivity index (χ4n) is 1.88. The molecule has 2 aromatic rings. The van der Waals surface area contributed by atoms with E-state index < -0.39 is 0 Å². The van der Waals surface area contributed by atoms with Gasteiger partial charge in [-0.1, -0.05) is 11.6 Å². The number of benzene rings is 1. The number of hydrogen-bond donors (Lipinski definition) is 2. The summed E-state index contributed by atoms with van der Waals surface area (Å²) in [7, 11) is 1.55. The predicted octanol–water partition coefficient (Wildman–Crippen LogP) is 1.21. The lowest BCUT2D eigenvalue weighted by molar-refractivity contribution is 0.0949. The molecule has 2 rings (SSSR count). The van der Waals surface area contributed by atoms with Crippen molar-refractivity contribution < 1.29 is 9.53 Å². The highest BCUT2D eigenvalue weighted by Crippen LogP contribution is 2.19. The average Bonchev–Trinajstić information content (AvgIpc) is 2.84. The fraction of sp³-hybridized carbons (Fsp3) is 0.286. The van der Waals surface area contributed by atoms with Gasteiger partial charge in [0.1, 0.15) is 5.75 Å². The zero-order chi connectivity index (χ0) is 14.5. The van der Waals surface area contributed by atoms with Crippen LogP contribution in [0.15, 0.2) is 30.6 Å². The zero-order valence-electron chi connectivity index (χ0n) is 11.6. The number of rotatable bonds is 5. The van der Waals surface area contributed by atoms with Gasteiger partial charge in [0.15, 0.2) is 0 Å². The monoisotopic (exact) mass is 274 g/mol. The highest BCUT2D eigenvalue weighted by atomic mass is 16.5. The lowest BCUT2D eigenvalue weighted by Crippen LogP contribution is -2.27. The standard InChI is InChI=1S/C14H18N4O2/c1-10-3-4-13(20-2)12(7-10)14(19)16-5-6-18-9-11(15)8-17-18/h3-4,7-9H,5-6,15H2,1-2H3,(H,16,19). The van der Waals surface area contributed by atoms with Crippen molar-refractivity contribution in [2.45, 2.75) is 13.5 Å². The van der Waals surface area contributed by atoms with Crippen LogP contribution in [0.25, 0.3) is 0 Å². The third kappa shape index (κ3) is 3.28. The maximum absolute atomic E-state index is 12.1. The minimum Gasteiger partial charge on any atom is -0.496 e. The molecule has 106 valence electrons. The molecule has 20 heavy (non-hydrogen) atoms. The number of carbonyl (C=O) groups excluding carboxylic acids is 1. The maximum atomic E-state index is 12.1. The summed E-state index contributed by atoms with van der Waals surface area (Å²) in [6.45, 7) is 2.97. The Kier molecular flexibility index (Phi) is 4.24. The Morgan fingerprint density at radius 2 is 2.30 bits per heavy atom. The largest absolute Gasteiger partial charge is 0.496 e. The molecule has 0 aliphatic rings. The summed E-state index contributed by atoms with van der Waals surface area (Å²) in [4.78, 5) is 12.1. The molecule has 1 aromatic carbocycles. The normalized spacial score (nSPS) is 10.3. The Morgan fingerprint density at radius 3 is 2.95 bits per heavy atom. The second kappa shape index (κ2) is 6.10. The van der Waals surface area contributed by atoms with Crippen molar-refractivity contribution in [1.29, 1.82) is 0 Å². The summed E-state index contributed by atoms with van der Waals surface area (Å²) in [6, 6.07) is 5.50. The van der Waals surface area contributed by atoms with Crippen molar-refractivity contribution in [1.82, 2.24) is 15.1 Å². The highest BCUT2D eigenvalue weighted by molar-refractivity contribution is 5.97. The van der Waals surface area contributed by atoms with E-state index in [1.54, 1.807) is 36.3 Å². The highest BCUT2D eigenvalue weighted by Gasteiger charge is 2.11. The van der Waals surface area contributed by atoms with Crippen LogP contribution in [0.1, 0.15) is 15.9 Å². The second-order valence-corrected chi connectivity index (χ2v) is 4.50. The first-order valence-electron chi connectivity index (χ1n) is 6.31. The van der Waals surface area contributed by atoms with Crippen molar-refractivity contribution in [2.75, 3.05) is 19.4 Å². The van der Waals surface area contributed by atoms with Crippen LogP contribution in [0, 0.1) is 6.92 Å². The van der Waals surface area contributed by atoms with Crippen molar-refractivity contribution in [3.63, 3.8) is 0 Å². The van der Waals surface area contributed by atoms with E-state index in [0.29, 0.717) is 30.1 Å². The van der Waals surface area contributed by atoms with Crippen LogP contribution in [0.2, 0.25) is 0 Å². The van der Waals surface area contributed by atoms with Gasteiger partial charge in [-0.3, -0.25) is 9.48 Å². The van der Waals surface area contributed by atoms with Crippen LogP contribution in [-0.4, -0.2) is 29.3 Å². The fourth-order valence-corrected chi connectivity index (χ4v) is 1.88. The van der Waals surface area contributed by atoms with Gasteiger partial charge >= 0.3 is 0 Å². The first-order chi connectivity index (χ1) is 9.60. The number of nitrogens with two attached hydrogens (primary N) is 1. The average molecular weight is 274 g/mol. The maximum Gasteiger partial charge on any atom is 0.255 e. The van der Waals surface area contributed by atoms with Crippen molar-refractivity contribution in [2.24, 2.45) is 0 Å². The summed E-state index contributed by atoms with van der Waals surface area (Å²) in [5.74, 6) is 0.405. The molecule has 0 spiro atoms. The third-order valence-corrected chi connectivity index (χ3v) is 2.88. The summed E-state index contributed by atoms with van der Waals surface area (Å²) < 4.78 is 6.88. The molecule has 1 amide bonds. The van der Waals surface area contributed by atoms with Gasteiger partial charge < -0.3 is 15.8 Å². The van der Waals surface area contributed by atoms with Gasteiger partial charge in [0.2, 0.25) is 0 Å². The molecule has 0 aliphatic carbocycles. The summed E-state index contributed by atoms with van der Waals surface area (Å²) in [6.07, 6.45) is 3.30. The molecule has 0 saturated carbocycles. The Morgan fingerprint density at radius 1 is 1.50 bits per heavy atom. The van der Waals surface area contributed by atoms with Gasteiger partial charge in [-0.2, -0.15) is 5.10 Å². The van der Waals surface area contributed by atoms with Crippen LogP contribution >= 0.6 is 0 Å². The number of aromatic nitrogens is 2. The number of amides is 1. The summed E-state index contributed by atoms with van der Waals surface area (Å²) in [5, 5.41) is 6.89. The molecular formula is C14H18N4O2.